The van der Waals surface area contributed by atoms with Crippen molar-refractivity contribution >= 4 is 35.2 Å². The molecule has 9 nitrogen and oxygen atoms in total. The summed E-state index contributed by atoms with van der Waals surface area (Å²) in [5.41, 5.74) is 0.419. The van der Waals surface area contributed by atoms with Crippen molar-refractivity contribution in [3.63, 3.8) is 0 Å². The highest BCUT2D eigenvalue weighted by Crippen LogP contribution is 2.27. The molecule has 2 heterocycles. The Kier molecular flexibility index (Phi) is 5.48. The molecule has 0 bridgehead atoms. The number of anilines is 2. The Bertz CT molecular complexity index is 668. The van der Waals surface area contributed by atoms with E-state index in [1.54, 1.807) is 0 Å². The van der Waals surface area contributed by atoms with E-state index in [0.717, 1.165) is 31.9 Å². The second-order valence-electron chi connectivity index (χ2n) is 6.12. The standard InChI is InChI=1S/C15H20ClN5O4/c16-15-20-12(18-6-9-10(22)11(23)14(24)25-9)8(5-17)13(21-15)19-7-3-1-2-4-7/h5,7,9,11,14,17,23-24H,1-4,6H2,(H2,18,19,20,21)/t9-,11+,14?/m1/s1. The number of aliphatic hydroxyl groups excluding tert-OH is 2. The second-order valence-corrected chi connectivity index (χ2v) is 6.46. The molecule has 3 atom stereocenters. The molecule has 2 aliphatic rings. The number of rotatable bonds is 6. The first kappa shape index (κ1) is 18.0. The molecule has 1 aromatic heterocycles. The van der Waals surface area contributed by atoms with Crippen LogP contribution in [0.25, 0.3) is 0 Å². The molecule has 1 saturated heterocycles. The summed E-state index contributed by atoms with van der Waals surface area (Å²) in [4.78, 5) is 20.0. The van der Waals surface area contributed by atoms with Gasteiger partial charge in [0.15, 0.2) is 18.2 Å². The van der Waals surface area contributed by atoms with Gasteiger partial charge in [0.1, 0.15) is 17.7 Å². The number of ketones is 1. The Balaban J connectivity index is 1.75. The first-order valence-electron chi connectivity index (χ1n) is 8.13. The zero-order valence-electron chi connectivity index (χ0n) is 13.4. The quantitative estimate of drug-likeness (QED) is 0.361. The van der Waals surface area contributed by atoms with E-state index in [4.69, 9.17) is 21.7 Å². The molecule has 1 aromatic rings. The normalized spacial score (nSPS) is 26.8. The predicted octanol–water partition coefficient (Wildman–Crippen LogP) is 0.541. The number of aliphatic hydroxyl groups is 2. The number of halogens is 1. The maximum absolute atomic E-state index is 11.8. The smallest absolute Gasteiger partial charge is 0.226 e. The second kappa shape index (κ2) is 7.61. The summed E-state index contributed by atoms with van der Waals surface area (Å²) in [6.45, 7) is -0.0238. The number of carbonyl (C=O) groups is 1. The lowest BCUT2D eigenvalue weighted by Crippen LogP contribution is -2.31. The zero-order valence-corrected chi connectivity index (χ0v) is 14.2. The van der Waals surface area contributed by atoms with Crippen molar-refractivity contribution in [2.45, 2.75) is 50.2 Å². The molecule has 0 spiro atoms. The third kappa shape index (κ3) is 3.90. The first-order chi connectivity index (χ1) is 12.0. The Labute approximate surface area is 149 Å². The third-order valence-corrected chi connectivity index (χ3v) is 4.57. The van der Waals surface area contributed by atoms with E-state index < -0.39 is 24.3 Å². The number of Topliss-reactive ketones (excluding diaryl/α,β-unsaturated/α-hetero) is 1. The van der Waals surface area contributed by atoms with Crippen molar-refractivity contribution in [1.82, 2.24) is 9.97 Å². The third-order valence-electron chi connectivity index (χ3n) is 4.40. The van der Waals surface area contributed by atoms with Crippen LogP contribution in [0.1, 0.15) is 31.2 Å². The zero-order chi connectivity index (χ0) is 18.0. The molecular formula is C15H20ClN5O4. The Morgan fingerprint density at radius 3 is 2.56 bits per heavy atom. The van der Waals surface area contributed by atoms with Gasteiger partial charge in [-0.1, -0.05) is 12.8 Å². The van der Waals surface area contributed by atoms with Gasteiger partial charge in [-0.05, 0) is 24.4 Å². The van der Waals surface area contributed by atoms with Gasteiger partial charge in [-0.15, -0.1) is 0 Å². The highest BCUT2D eigenvalue weighted by molar-refractivity contribution is 6.28. The molecule has 0 amide bonds. The van der Waals surface area contributed by atoms with Gasteiger partial charge in [0.25, 0.3) is 0 Å². The van der Waals surface area contributed by atoms with E-state index in [-0.39, 0.29) is 23.7 Å². The minimum Gasteiger partial charge on any atom is -0.380 e. The summed E-state index contributed by atoms with van der Waals surface area (Å²) < 4.78 is 4.99. The van der Waals surface area contributed by atoms with E-state index in [9.17, 15) is 15.0 Å². The van der Waals surface area contributed by atoms with Gasteiger partial charge in [-0.25, -0.2) is 0 Å². The molecular weight excluding hydrogens is 350 g/mol. The predicted molar refractivity (Wildman–Crippen MR) is 91.2 cm³/mol. The van der Waals surface area contributed by atoms with Gasteiger partial charge in [-0.3, -0.25) is 4.79 Å². The van der Waals surface area contributed by atoms with Crippen LogP contribution in [0.2, 0.25) is 5.28 Å². The fraction of sp³-hybridized carbons (Fsp3) is 0.600. The summed E-state index contributed by atoms with van der Waals surface area (Å²) in [7, 11) is 0. The number of hydrogen-bond acceptors (Lipinski definition) is 9. The highest BCUT2D eigenvalue weighted by atomic mass is 35.5. The number of nitrogens with zero attached hydrogens (tertiary/aromatic N) is 2. The lowest BCUT2D eigenvalue weighted by molar-refractivity contribution is -0.129. The van der Waals surface area contributed by atoms with Gasteiger partial charge in [0.2, 0.25) is 5.28 Å². The lowest BCUT2D eigenvalue weighted by Gasteiger charge is -2.18. The van der Waals surface area contributed by atoms with Crippen LogP contribution in [0, 0.1) is 5.41 Å². The molecule has 3 rings (SSSR count). The highest BCUT2D eigenvalue weighted by Gasteiger charge is 2.41. The van der Waals surface area contributed by atoms with Crippen molar-refractivity contribution < 1.29 is 19.7 Å². The summed E-state index contributed by atoms with van der Waals surface area (Å²) in [5.74, 6) is 0.131. The summed E-state index contributed by atoms with van der Waals surface area (Å²) >= 11 is 5.98. The average Bonchev–Trinajstić information content (AvgIpc) is 3.17. The fourth-order valence-corrected chi connectivity index (χ4v) is 3.23. The van der Waals surface area contributed by atoms with E-state index >= 15 is 0 Å². The fourth-order valence-electron chi connectivity index (χ4n) is 3.07. The van der Waals surface area contributed by atoms with Crippen LogP contribution >= 0.6 is 11.6 Å². The molecule has 1 aliphatic carbocycles. The molecule has 0 aromatic carbocycles. The average molecular weight is 370 g/mol. The van der Waals surface area contributed by atoms with Crippen LogP contribution < -0.4 is 10.6 Å². The number of hydrogen-bond donors (Lipinski definition) is 5. The molecule has 1 saturated carbocycles. The summed E-state index contributed by atoms with van der Waals surface area (Å²) in [5, 5.41) is 32.6. The van der Waals surface area contributed by atoms with Crippen LogP contribution in [0.15, 0.2) is 0 Å². The molecule has 10 heteroatoms. The molecule has 1 unspecified atom stereocenters. The number of aromatic nitrogens is 2. The summed E-state index contributed by atoms with van der Waals surface area (Å²) in [6.07, 6.45) is 1.36. The minimum atomic E-state index is -1.55. The SMILES string of the molecule is N=Cc1c(NC[C@H]2OC(O)[C@@H](O)C2=O)nc(Cl)nc1NC1CCCC1. The van der Waals surface area contributed by atoms with Gasteiger partial charge in [-0.2, -0.15) is 9.97 Å². The van der Waals surface area contributed by atoms with Crippen molar-refractivity contribution in [2.24, 2.45) is 0 Å². The number of carbonyl (C=O) groups excluding carboxylic acids is 1. The summed E-state index contributed by atoms with van der Waals surface area (Å²) in [6, 6.07) is 0.280. The Morgan fingerprint density at radius 1 is 1.28 bits per heavy atom. The topological polar surface area (TPSA) is 140 Å². The van der Waals surface area contributed by atoms with Crippen LogP contribution in [0.3, 0.4) is 0 Å². The van der Waals surface area contributed by atoms with E-state index in [1.807, 2.05) is 0 Å². The minimum absolute atomic E-state index is 0.00679. The van der Waals surface area contributed by atoms with Crippen molar-refractivity contribution in [1.29, 1.82) is 5.41 Å². The maximum Gasteiger partial charge on any atom is 0.226 e. The maximum atomic E-state index is 11.8. The Hall–Kier alpha value is -1.81. The van der Waals surface area contributed by atoms with E-state index in [2.05, 4.69) is 20.6 Å². The number of nitrogens with one attached hydrogen (secondary N) is 3. The molecule has 2 fully saturated rings. The number of ether oxygens (including phenoxy) is 1. The Morgan fingerprint density at radius 2 is 1.96 bits per heavy atom. The largest absolute Gasteiger partial charge is 0.380 e. The van der Waals surface area contributed by atoms with Crippen LogP contribution in [-0.2, 0) is 9.53 Å². The van der Waals surface area contributed by atoms with Gasteiger partial charge in [0, 0.05) is 18.8 Å². The van der Waals surface area contributed by atoms with E-state index in [0.29, 0.717) is 11.4 Å². The van der Waals surface area contributed by atoms with Gasteiger partial charge < -0.3 is 31.0 Å². The molecule has 136 valence electrons. The van der Waals surface area contributed by atoms with Crippen LogP contribution in [0.5, 0.6) is 0 Å². The van der Waals surface area contributed by atoms with E-state index in [1.165, 1.54) is 0 Å². The van der Waals surface area contributed by atoms with Gasteiger partial charge >= 0.3 is 0 Å². The van der Waals surface area contributed by atoms with Crippen LogP contribution in [-0.4, -0.2) is 63.3 Å². The molecule has 0 radical (unpaired) electrons. The van der Waals surface area contributed by atoms with Crippen molar-refractivity contribution in [3.05, 3.63) is 10.8 Å². The molecule has 25 heavy (non-hydrogen) atoms. The van der Waals surface area contributed by atoms with Crippen molar-refractivity contribution in [3.8, 4) is 0 Å². The van der Waals surface area contributed by atoms with Crippen LogP contribution in [0.4, 0.5) is 11.6 Å². The lowest BCUT2D eigenvalue weighted by atomic mass is 10.1. The first-order valence-corrected chi connectivity index (χ1v) is 8.51. The molecule has 1 aliphatic heterocycles. The van der Waals surface area contributed by atoms with Gasteiger partial charge in [0.05, 0.1) is 5.56 Å². The van der Waals surface area contributed by atoms with Crippen molar-refractivity contribution in [2.75, 3.05) is 17.2 Å². The molecule has 5 N–H and O–H groups in total. The monoisotopic (exact) mass is 369 g/mol.